The van der Waals surface area contributed by atoms with Gasteiger partial charge in [-0.05, 0) is 49.9 Å². The summed E-state index contributed by atoms with van der Waals surface area (Å²) < 4.78 is 5.85. The fraction of sp³-hybridized carbons (Fsp3) is 0.588. The van der Waals surface area contributed by atoms with Gasteiger partial charge in [0.15, 0.2) is 6.10 Å². The normalized spacial score (nSPS) is 23.4. The summed E-state index contributed by atoms with van der Waals surface area (Å²) in [7, 11) is 0. The van der Waals surface area contributed by atoms with Crippen molar-refractivity contribution in [3.8, 4) is 5.75 Å². The third kappa shape index (κ3) is 4.46. The molecule has 1 fully saturated rings. The molecule has 1 aromatic carbocycles. The van der Waals surface area contributed by atoms with E-state index in [4.69, 9.17) is 4.74 Å². The van der Waals surface area contributed by atoms with Crippen molar-refractivity contribution in [2.75, 3.05) is 13.1 Å². The number of amides is 1. The van der Waals surface area contributed by atoms with Gasteiger partial charge in [-0.1, -0.05) is 26.0 Å². The van der Waals surface area contributed by atoms with Gasteiger partial charge < -0.3 is 15.4 Å². The van der Waals surface area contributed by atoms with Crippen molar-refractivity contribution in [3.05, 3.63) is 29.8 Å². The fourth-order valence-corrected chi connectivity index (χ4v) is 2.63. The van der Waals surface area contributed by atoms with Crippen molar-refractivity contribution in [2.24, 2.45) is 5.92 Å². The van der Waals surface area contributed by atoms with E-state index in [2.05, 4.69) is 17.6 Å². The Morgan fingerprint density at radius 1 is 1.52 bits per heavy atom. The van der Waals surface area contributed by atoms with Crippen LogP contribution in [0.5, 0.6) is 5.75 Å². The first-order valence-corrected chi connectivity index (χ1v) is 7.84. The van der Waals surface area contributed by atoms with Crippen LogP contribution < -0.4 is 15.4 Å². The molecular formula is C17H26N2O2. The molecular weight excluding hydrogens is 264 g/mol. The average molecular weight is 290 g/mol. The summed E-state index contributed by atoms with van der Waals surface area (Å²) in [5.41, 5.74) is 1.13. The molecule has 1 aliphatic rings. The summed E-state index contributed by atoms with van der Waals surface area (Å²) in [4.78, 5) is 12.4. The number of carbonyl (C=O) groups excluding carboxylic acids is 1. The first-order valence-electron chi connectivity index (χ1n) is 7.84. The summed E-state index contributed by atoms with van der Waals surface area (Å²) in [6, 6.07) is 8.02. The smallest absolute Gasteiger partial charge is 0.261 e. The molecule has 0 aromatic heterocycles. The van der Waals surface area contributed by atoms with E-state index in [1.165, 1.54) is 0 Å². The SMILES string of the molecule is CCC(Oc1cccc(C)c1)C(=O)NC1CNCCC1C. The lowest BCUT2D eigenvalue weighted by Gasteiger charge is -2.31. The third-order valence-corrected chi connectivity index (χ3v) is 4.09. The zero-order chi connectivity index (χ0) is 15.2. The van der Waals surface area contributed by atoms with E-state index >= 15 is 0 Å². The molecule has 2 rings (SSSR count). The summed E-state index contributed by atoms with van der Waals surface area (Å²) in [6.07, 6.45) is 1.33. The quantitative estimate of drug-likeness (QED) is 0.874. The molecule has 3 unspecified atom stereocenters. The Morgan fingerprint density at radius 3 is 3.00 bits per heavy atom. The molecule has 4 heteroatoms. The van der Waals surface area contributed by atoms with Gasteiger partial charge in [-0.25, -0.2) is 0 Å². The van der Waals surface area contributed by atoms with Crippen LogP contribution in [0, 0.1) is 12.8 Å². The molecule has 0 saturated carbocycles. The Morgan fingerprint density at radius 2 is 2.33 bits per heavy atom. The van der Waals surface area contributed by atoms with Crippen LogP contribution in [0.15, 0.2) is 24.3 Å². The van der Waals surface area contributed by atoms with Gasteiger partial charge in [0.1, 0.15) is 5.75 Å². The largest absolute Gasteiger partial charge is 0.481 e. The number of rotatable bonds is 5. The van der Waals surface area contributed by atoms with Crippen LogP contribution >= 0.6 is 0 Å². The zero-order valence-corrected chi connectivity index (χ0v) is 13.2. The highest BCUT2D eigenvalue weighted by Crippen LogP contribution is 2.16. The highest BCUT2D eigenvalue weighted by Gasteiger charge is 2.26. The minimum atomic E-state index is -0.430. The second-order valence-electron chi connectivity index (χ2n) is 5.92. The summed E-state index contributed by atoms with van der Waals surface area (Å²) >= 11 is 0. The second kappa shape index (κ2) is 7.46. The van der Waals surface area contributed by atoms with Crippen molar-refractivity contribution in [1.82, 2.24) is 10.6 Å². The number of aryl methyl sites for hydroxylation is 1. The van der Waals surface area contributed by atoms with E-state index < -0.39 is 6.10 Å². The topological polar surface area (TPSA) is 50.4 Å². The predicted octanol–water partition coefficient (Wildman–Crippen LogP) is 2.27. The molecule has 1 amide bonds. The lowest BCUT2D eigenvalue weighted by atomic mass is 9.94. The van der Waals surface area contributed by atoms with Crippen LogP contribution in [0.25, 0.3) is 0 Å². The number of nitrogens with one attached hydrogen (secondary N) is 2. The van der Waals surface area contributed by atoms with E-state index in [1.807, 2.05) is 38.1 Å². The molecule has 1 saturated heterocycles. The molecule has 1 aliphatic heterocycles. The van der Waals surface area contributed by atoms with Gasteiger partial charge in [0.05, 0.1) is 0 Å². The van der Waals surface area contributed by atoms with Crippen LogP contribution in [-0.4, -0.2) is 31.1 Å². The molecule has 0 aliphatic carbocycles. The van der Waals surface area contributed by atoms with E-state index in [0.29, 0.717) is 12.3 Å². The highest BCUT2D eigenvalue weighted by atomic mass is 16.5. The van der Waals surface area contributed by atoms with Gasteiger partial charge in [0, 0.05) is 12.6 Å². The predicted molar refractivity (Wildman–Crippen MR) is 84.5 cm³/mol. The Balaban J connectivity index is 1.95. The number of piperidine rings is 1. The maximum atomic E-state index is 12.4. The number of hydrogen-bond acceptors (Lipinski definition) is 3. The Labute approximate surface area is 127 Å². The van der Waals surface area contributed by atoms with Crippen LogP contribution in [-0.2, 0) is 4.79 Å². The van der Waals surface area contributed by atoms with Crippen molar-refractivity contribution in [2.45, 2.75) is 45.8 Å². The van der Waals surface area contributed by atoms with Crippen LogP contribution in [0.2, 0.25) is 0 Å². The first-order chi connectivity index (χ1) is 10.1. The van der Waals surface area contributed by atoms with E-state index in [0.717, 1.165) is 30.8 Å². The number of ether oxygens (including phenoxy) is 1. The lowest BCUT2D eigenvalue weighted by Crippen LogP contribution is -2.53. The average Bonchev–Trinajstić information content (AvgIpc) is 2.47. The van der Waals surface area contributed by atoms with Gasteiger partial charge in [-0.2, -0.15) is 0 Å². The van der Waals surface area contributed by atoms with Gasteiger partial charge >= 0.3 is 0 Å². The summed E-state index contributed by atoms with van der Waals surface area (Å²) in [5, 5.41) is 6.46. The zero-order valence-electron chi connectivity index (χ0n) is 13.2. The molecule has 0 radical (unpaired) electrons. The molecule has 3 atom stereocenters. The van der Waals surface area contributed by atoms with Crippen LogP contribution in [0.1, 0.15) is 32.3 Å². The molecule has 116 valence electrons. The Kier molecular flexibility index (Phi) is 5.62. The van der Waals surface area contributed by atoms with Gasteiger partial charge in [-0.3, -0.25) is 4.79 Å². The van der Waals surface area contributed by atoms with Crippen LogP contribution in [0.4, 0.5) is 0 Å². The van der Waals surface area contributed by atoms with E-state index in [-0.39, 0.29) is 11.9 Å². The van der Waals surface area contributed by atoms with Crippen molar-refractivity contribution in [1.29, 1.82) is 0 Å². The standard InChI is InChI=1S/C17H26N2O2/c1-4-16(21-14-7-5-6-12(2)10-14)17(20)19-15-11-18-9-8-13(15)3/h5-7,10,13,15-16,18H,4,8-9,11H2,1-3H3,(H,19,20). The van der Waals surface area contributed by atoms with Gasteiger partial charge in [0.25, 0.3) is 5.91 Å². The molecule has 1 aromatic rings. The maximum absolute atomic E-state index is 12.4. The second-order valence-corrected chi connectivity index (χ2v) is 5.92. The molecule has 0 spiro atoms. The summed E-state index contributed by atoms with van der Waals surface area (Å²) in [6.45, 7) is 8.05. The lowest BCUT2D eigenvalue weighted by molar-refractivity contribution is -0.129. The monoisotopic (exact) mass is 290 g/mol. The van der Waals surface area contributed by atoms with Crippen molar-refractivity contribution >= 4 is 5.91 Å². The third-order valence-electron chi connectivity index (χ3n) is 4.09. The van der Waals surface area contributed by atoms with Gasteiger partial charge in [-0.15, -0.1) is 0 Å². The number of benzene rings is 1. The molecule has 21 heavy (non-hydrogen) atoms. The molecule has 1 heterocycles. The molecule has 2 N–H and O–H groups in total. The Hall–Kier alpha value is -1.55. The van der Waals surface area contributed by atoms with E-state index in [1.54, 1.807) is 0 Å². The summed E-state index contributed by atoms with van der Waals surface area (Å²) in [5.74, 6) is 1.25. The maximum Gasteiger partial charge on any atom is 0.261 e. The Bertz CT molecular complexity index is 476. The van der Waals surface area contributed by atoms with Crippen molar-refractivity contribution in [3.63, 3.8) is 0 Å². The minimum Gasteiger partial charge on any atom is -0.481 e. The van der Waals surface area contributed by atoms with Gasteiger partial charge in [0.2, 0.25) is 0 Å². The van der Waals surface area contributed by atoms with Crippen LogP contribution in [0.3, 0.4) is 0 Å². The highest BCUT2D eigenvalue weighted by molar-refractivity contribution is 5.81. The number of carbonyl (C=O) groups is 1. The molecule has 0 bridgehead atoms. The fourth-order valence-electron chi connectivity index (χ4n) is 2.63. The van der Waals surface area contributed by atoms with E-state index in [9.17, 15) is 4.79 Å². The number of hydrogen-bond donors (Lipinski definition) is 2. The van der Waals surface area contributed by atoms with Crippen molar-refractivity contribution < 1.29 is 9.53 Å². The first kappa shape index (κ1) is 15.8. The minimum absolute atomic E-state index is 0.0143. The molecule has 4 nitrogen and oxygen atoms in total.